The monoisotopic (exact) mass is 547 g/mol. The van der Waals surface area contributed by atoms with E-state index in [1.165, 1.54) is 6.07 Å². The van der Waals surface area contributed by atoms with E-state index >= 15 is 4.39 Å². The van der Waals surface area contributed by atoms with E-state index in [0.717, 1.165) is 34.9 Å². The highest BCUT2D eigenvalue weighted by atomic mass is 19.1. The number of nitrogens with one attached hydrogen (secondary N) is 1. The molecular formula is C30H30FN3O6. The fourth-order valence-corrected chi connectivity index (χ4v) is 6.92. The lowest BCUT2D eigenvalue weighted by molar-refractivity contribution is -0.172. The molecule has 4 heterocycles. The maximum absolute atomic E-state index is 15.1. The average molecular weight is 548 g/mol. The number of aliphatic hydroxyl groups is 2. The van der Waals surface area contributed by atoms with Gasteiger partial charge in [0.25, 0.3) is 5.56 Å². The second-order valence-electron chi connectivity index (χ2n) is 11.5. The van der Waals surface area contributed by atoms with Gasteiger partial charge in [0, 0.05) is 22.6 Å². The molecule has 4 aliphatic rings. The first-order valence-electron chi connectivity index (χ1n) is 13.9. The molecule has 1 saturated carbocycles. The molecule has 3 atom stereocenters. The molecule has 1 amide bonds. The van der Waals surface area contributed by atoms with E-state index in [0.29, 0.717) is 35.3 Å². The van der Waals surface area contributed by atoms with Crippen LogP contribution in [0, 0.1) is 24.6 Å². The summed E-state index contributed by atoms with van der Waals surface area (Å²) in [6.07, 6.45) is 2.95. The third-order valence-electron chi connectivity index (χ3n) is 9.42. The van der Waals surface area contributed by atoms with Crippen LogP contribution in [0.3, 0.4) is 0 Å². The van der Waals surface area contributed by atoms with Crippen LogP contribution in [-0.4, -0.2) is 38.2 Å². The number of carbonyl (C=O) groups excluding carboxylic acids is 2. The van der Waals surface area contributed by atoms with Gasteiger partial charge in [0.1, 0.15) is 12.4 Å². The standard InChI is InChI=1S/C30H30FN3O6/c1-3-30(39)19-8-23-26-16(10-34(23)28(37)18(19)12-40-29(30)38)25-21(33-27(36)17(11-35)14-4-5-14)7-6-15-13(2)20(31)9-22(32-26)24(15)25/h8-9,14,17,21,35,39H,3-7,10-12H2,1-2H3,(H,33,36)/t17?,21-,30-/m0/s1. The Labute approximate surface area is 229 Å². The minimum absolute atomic E-state index is 0.0277. The van der Waals surface area contributed by atoms with E-state index in [1.54, 1.807) is 24.5 Å². The molecule has 1 fully saturated rings. The second-order valence-corrected chi connectivity index (χ2v) is 11.5. The largest absolute Gasteiger partial charge is 0.458 e. The SMILES string of the molecule is CC[C@@]1(O)C(=O)OCc2c1cc1n(c2=O)Cc2c-1nc1cc(F)c(C)c3c1c2[C@@H](NC(=O)C(CO)C1CC1)CC3. The van der Waals surface area contributed by atoms with Crippen molar-refractivity contribution in [2.75, 3.05) is 6.61 Å². The van der Waals surface area contributed by atoms with Gasteiger partial charge in [-0.15, -0.1) is 0 Å². The number of fused-ring (bicyclic) bond motifs is 5. The number of aliphatic hydroxyl groups excluding tert-OH is 1. The van der Waals surface area contributed by atoms with Gasteiger partial charge in [0.05, 0.1) is 47.6 Å². The zero-order valence-corrected chi connectivity index (χ0v) is 22.3. The molecule has 2 aliphatic heterocycles. The fraction of sp³-hybridized carbons (Fsp3) is 0.467. The molecule has 1 unspecified atom stereocenters. The number of cyclic esters (lactones) is 1. The van der Waals surface area contributed by atoms with Gasteiger partial charge in [0.2, 0.25) is 5.91 Å². The van der Waals surface area contributed by atoms with Gasteiger partial charge in [-0.1, -0.05) is 6.92 Å². The number of aryl methyl sites for hydroxylation is 1. The Bertz CT molecular complexity index is 1710. The lowest BCUT2D eigenvalue weighted by atomic mass is 9.81. The van der Waals surface area contributed by atoms with Gasteiger partial charge in [-0.05, 0) is 67.7 Å². The Balaban J connectivity index is 1.45. The van der Waals surface area contributed by atoms with Crippen LogP contribution in [0.2, 0.25) is 0 Å². The van der Waals surface area contributed by atoms with E-state index in [9.17, 15) is 24.6 Å². The molecule has 0 bridgehead atoms. The molecule has 0 radical (unpaired) electrons. The van der Waals surface area contributed by atoms with Crippen LogP contribution in [0.25, 0.3) is 22.3 Å². The normalized spacial score (nSPS) is 23.3. The van der Waals surface area contributed by atoms with Crippen molar-refractivity contribution in [2.24, 2.45) is 11.8 Å². The lowest BCUT2D eigenvalue weighted by Gasteiger charge is -2.31. The smallest absolute Gasteiger partial charge is 0.343 e. The predicted molar refractivity (Wildman–Crippen MR) is 142 cm³/mol. The van der Waals surface area contributed by atoms with E-state index in [4.69, 9.17) is 9.72 Å². The van der Waals surface area contributed by atoms with Crippen molar-refractivity contribution in [3.8, 4) is 11.4 Å². The van der Waals surface area contributed by atoms with Gasteiger partial charge < -0.3 is 24.8 Å². The molecule has 208 valence electrons. The fourth-order valence-electron chi connectivity index (χ4n) is 6.92. The lowest BCUT2D eigenvalue weighted by Crippen LogP contribution is -2.44. The molecule has 1 aromatic carbocycles. The number of aromatic nitrogens is 2. The van der Waals surface area contributed by atoms with Crippen LogP contribution >= 0.6 is 0 Å². The first-order chi connectivity index (χ1) is 19.2. The van der Waals surface area contributed by atoms with Crippen molar-refractivity contribution < 1.29 is 28.9 Å². The molecule has 0 spiro atoms. The maximum atomic E-state index is 15.1. The van der Waals surface area contributed by atoms with Gasteiger partial charge in [-0.3, -0.25) is 9.59 Å². The van der Waals surface area contributed by atoms with E-state index in [-0.39, 0.29) is 60.5 Å². The van der Waals surface area contributed by atoms with Gasteiger partial charge >= 0.3 is 5.97 Å². The molecule has 2 aliphatic carbocycles. The topological polar surface area (TPSA) is 131 Å². The number of halogens is 1. The van der Waals surface area contributed by atoms with E-state index in [1.807, 2.05) is 0 Å². The third kappa shape index (κ3) is 3.38. The molecular weight excluding hydrogens is 517 g/mol. The van der Waals surface area contributed by atoms with E-state index in [2.05, 4.69) is 5.32 Å². The van der Waals surface area contributed by atoms with Crippen LogP contribution < -0.4 is 10.9 Å². The number of hydrogen-bond acceptors (Lipinski definition) is 7. The van der Waals surface area contributed by atoms with Crippen molar-refractivity contribution in [1.29, 1.82) is 0 Å². The quantitative estimate of drug-likeness (QED) is 0.328. The van der Waals surface area contributed by atoms with Crippen LogP contribution in [0.15, 0.2) is 16.9 Å². The Morgan fingerprint density at radius 3 is 2.73 bits per heavy atom. The number of amides is 1. The minimum atomic E-state index is -1.95. The number of nitrogens with zero attached hydrogens (tertiary/aromatic N) is 2. The number of carbonyl (C=O) groups is 2. The number of hydrogen-bond donors (Lipinski definition) is 3. The molecule has 40 heavy (non-hydrogen) atoms. The number of esters is 1. The highest BCUT2D eigenvalue weighted by molar-refractivity contribution is 5.94. The summed E-state index contributed by atoms with van der Waals surface area (Å²) < 4.78 is 21.8. The first kappa shape index (κ1) is 25.3. The Kier molecular flexibility index (Phi) is 5.50. The average Bonchev–Trinajstić information content (AvgIpc) is 3.71. The van der Waals surface area contributed by atoms with Crippen LogP contribution in [0.4, 0.5) is 4.39 Å². The summed E-state index contributed by atoms with van der Waals surface area (Å²) >= 11 is 0. The third-order valence-corrected chi connectivity index (χ3v) is 9.42. The molecule has 3 aromatic rings. The van der Waals surface area contributed by atoms with Crippen LogP contribution in [0.1, 0.15) is 72.0 Å². The predicted octanol–water partition coefficient (Wildman–Crippen LogP) is 2.65. The summed E-state index contributed by atoms with van der Waals surface area (Å²) in [5.41, 5.74) is 2.37. The number of pyridine rings is 2. The van der Waals surface area contributed by atoms with Gasteiger partial charge in [0.15, 0.2) is 5.60 Å². The van der Waals surface area contributed by atoms with Crippen molar-refractivity contribution in [3.05, 3.63) is 61.7 Å². The summed E-state index contributed by atoms with van der Waals surface area (Å²) in [6.45, 7) is 3.12. The van der Waals surface area contributed by atoms with Crippen molar-refractivity contribution in [2.45, 2.75) is 70.7 Å². The Morgan fingerprint density at radius 2 is 2.02 bits per heavy atom. The molecule has 10 heteroatoms. The van der Waals surface area contributed by atoms with E-state index < -0.39 is 23.5 Å². The summed E-state index contributed by atoms with van der Waals surface area (Å²) in [5.74, 6) is -1.68. The van der Waals surface area contributed by atoms with Crippen LogP contribution in [-0.2, 0) is 39.5 Å². The highest BCUT2D eigenvalue weighted by Crippen LogP contribution is 2.46. The maximum Gasteiger partial charge on any atom is 0.343 e. The van der Waals surface area contributed by atoms with Crippen LogP contribution in [0.5, 0.6) is 0 Å². The van der Waals surface area contributed by atoms with Gasteiger partial charge in [-0.25, -0.2) is 14.2 Å². The van der Waals surface area contributed by atoms with Gasteiger partial charge in [-0.2, -0.15) is 0 Å². The second kappa shape index (κ2) is 8.68. The molecule has 0 saturated heterocycles. The highest BCUT2D eigenvalue weighted by Gasteiger charge is 2.46. The Morgan fingerprint density at radius 1 is 1.25 bits per heavy atom. The zero-order valence-electron chi connectivity index (χ0n) is 22.3. The number of benzene rings is 1. The number of rotatable bonds is 5. The van der Waals surface area contributed by atoms with Crippen molar-refractivity contribution in [1.82, 2.24) is 14.9 Å². The molecule has 7 rings (SSSR count). The molecule has 3 N–H and O–H groups in total. The summed E-state index contributed by atoms with van der Waals surface area (Å²) in [6, 6.07) is 2.62. The molecule has 2 aromatic heterocycles. The van der Waals surface area contributed by atoms with Crippen molar-refractivity contribution in [3.63, 3.8) is 0 Å². The zero-order chi connectivity index (χ0) is 28.1. The van der Waals surface area contributed by atoms with Crippen molar-refractivity contribution >= 4 is 22.8 Å². The molecule has 9 nitrogen and oxygen atoms in total. The summed E-state index contributed by atoms with van der Waals surface area (Å²) in [4.78, 5) is 44.4. The minimum Gasteiger partial charge on any atom is -0.458 e. The summed E-state index contributed by atoms with van der Waals surface area (Å²) in [7, 11) is 0. The summed E-state index contributed by atoms with van der Waals surface area (Å²) in [5, 5.41) is 25.0. The Hall–Kier alpha value is -3.63. The number of ether oxygens (including phenoxy) is 1. The first-order valence-corrected chi connectivity index (χ1v) is 13.9.